The highest BCUT2D eigenvalue weighted by molar-refractivity contribution is 8.15. The van der Waals surface area contributed by atoms with Crippen LogP contribution in [0, 0.1) is 0 Å². The summed E-state index contributed by atoms with van der Waals surface area (Å²) < 4.78 is 4.05. The molecule has 3 nitrogen and oxygen atoms in total. The lowest BCUT2D eigenvalue weighted by Gasteiger charge is -2.22. The predicted molar refractivity (Wildman–Crippen MR) is 71.9 cm³/mol. The van der Waals surface area contributed by atoms with Crippen LogP contribution >= 0.6 is 11.8 Å². The lowest BCUT2D eigenvalue weighted by Crippen LogP contribution is -2.33. The van der Waals surface area contributed by atoms with E-state index in [0.717, 1.165) is 17.3 Å². The summed E-state index contributed by atoms with van der Waals surface area (Å²) in [5, 5.41) is -0.106. The first-order valence-corrected chi connectivity index (χ1v) is 6.36. The summed E-state index contributed by atoms with van der Waals surface area (Å²) in [7, 11) is 0. The van der Waals surface area contributed by atoms with Crippen molar-refractivity contribution in [1.82, 2.24) is 0 Å². The summed E-state index contributed by atoms with van der Waals surface area (Å²) in [6, 6.07) is 0. The van der Waals surface area contributed by atoms with E-state index < -0.39 is 4.75 Å². The Morgan fingerprint density at radius 2 is 1.94 bits per heavy atom. The zero-order chi connectivity index (χ0) is 13.5. The van der Waals surface area contributed by atoms with Crippen molar-refractivity contribution in [3.8, 4) is 0 Å². The molecule has 0 aromatic rings. The zero-order valence-corrected chi connectivity index (χ0v) is 11.9. The number of ether oxygens (including phenoxy) is 1. The van der Waals surface area contributed by atoms with E-state index in [4.69, 9.17) is 4.74 Å². The van der Waals surface area contributed by atoms with Gasteiger partial charge in [-0.15, -0.1) is 0 Å². The molecule has 4 heteroatoms. The Balaban J connectivity index is 5.16. The summed E-state index contributed by atoms with van der Waals surface area (Å²) >= 11 is 0.980. The number of allylic oxidation sites excluding steroid dienone is 3. The summed E-state index contributed by atoms with van der Waals surface area (Å²) in [6.07, 6.45) is 5.53. The van der Waals surface area contributed by atoms with E-state index in [1.54, 1.807) is 19.9 Å². The maximum atomic E-state index is 11.9. The van der Waals surface area contributed by atoms with Gasteiger partial charge in [-0.05, 0) is 27.7 Å². The van der Waals surface area contributed by atoms with Crippen LogP contribution < -0.4 is 0 Å². The third-order valence-electron chi connectivity index (χ3n) is 1.97. The molecule has 0 aliphatic heterocycles. The molecule has 0 radical (unpaired) electrons. The average Bonchev–Trinajstić information content (AvgIpc) is 2.16. The fourth-order valence-corrected chi connectivity index (χ4v) is 2.43. The Labute approximate surface area is 107 Å². The van der Waals surface area contributed by atoms with Crippen molar-refractivity contribution in [2.45, 2.75) is 39.4 Å². The Kier molecular flexibility index (Phi) is 6.88. The molecule has 0 amide bonds. The molecule has 0 saturated heterocycles. The Bertz CT molecular complexity index is 345. The number of rotatable bonds is 5. The molecule has 1 atom stereocenters. The second-order valence-electron chi connectivity index (χ2n) is 3.81. The van der Waals surface area contributed by atoms with Crippen LogP contribution in [0.3, 0.4) is 0 Å². The standard InChI is InChI=1S/C13H20O3S/c1-6-8-10(3)9-13(5,17-11(4)14)12(15)16-7-2/h6,8-9H,7H2,1-5H3/b8-6+,10-9+/t13-/m1/s1. The smallest absolute Gasteiger partial charge is 0.326 e. The van der Waals surface area contributed by atoms with Crippen molar-refractivity contribution in [3.63, 3.8) is 0 Å². The van der Waals surface area contributed by atoms with E-state index in [0.29, 0.717) is 6.61 Å². The molecule has 0 unspecified atom stereocenters. The van der Waals surface area contributed by atoms with Crippen molar-refractivity contribution in [2.75, 3.05) is 6.61 Å². The van der Waals surface area contributed by atoms with Crippen LogP contribution in [-0.4, -0.2) is 22.4 Å². The van der Waals surface area contributed by atoms with Crippen molar-refractivity contribution >= 4 is 22.8 Å². The molecule has 96 valence electrons. The number of carbonyl (C=O) groups is 2. The molecule has 0 fully saturated rings. The Morgan fingerprint density at radius 3 is 2.35 bits per heavy atom. The Morgan fingerprint density at radius 1 is 1.35 bits per heavy atom. The summed E-state index contributed by atoms with van der Waals surface area (Å²) in [5.74, 6) is -0.385. The number of esters is 1. The van der Waals surface area contributed by atoms with E-state index in [-0.39, 0.29) is 11.1 Å². The van der Waals surface area contributed by atoms with Gasteiger partial charge in [0.2, 0.25) is 0 Å². The average molecular weight is 256 g/mol. The minimum atomic E-state index is -0.953. The van der Waals surface area contributed by atoms with Gasteiger partial charge < -0.3 is 4.74 Å². The molecule has 0 aliphatic carbocycles. The summed E-state index contributed by atoms with van der Waals surface area (Å²) in [5.41, 5.74) is 0.928. The number of carbonyl (C=O) groups excluding carboxylic acids is 2. The van der Waals surface area contributed by atoms with Gasteiger partial charge in [-0.3, -0.25) is 9.59 Å². The normalized spacial score (nSPS) is 15.7. The third-order valence-corrected chi connectivity index (χ3v) is 2.97. The van der Waals surface area contributed by atoms with Crippen molar-refractivity contribution in [1.29, 1.82) is 0 Å². The number of hydrogen-bond acceptors (Lipinski definition) is 4. The molecule has 0 bridgehead atoms. The summed E-state index contributed by atoms with van der Waals surface area (Å²) in [4.78, 5) is 23.1. The largest absolute Gasteiger partial charge is 0.465 e. The van der Waals surface area contributed by atoms with Gasteiger partial charge >= 0.3 is 5.97 Å². The molecule has 0 aromatic heterocycles. The molecule has 0 spiro atoms. The van der Waals surface area contributed by atoms with Gasteiger partial charge in [0.1, 0.15) is 4.75 Å². The van der Waals surface area contributed by atoms with Crippen molar-refractivity contribution < 1.29 is 14.3 Å². The van der Waals surface area contributed by atoms with E-state index in [2.05, 4.69) is 0 Å². The van der Waals surface area contributed by atoms with Gasteiger partial charge in [0.05, 0.1) is 6.61 Å². The summed E-state index contributed by atoms with van der Waals surface area (Å²) in [6.45, 7) is 8.99. The van der Waals surface area contributed by atoms with E-state index in [1.807, 2.05) is 26.0 Å². The highest BCUT2D eigenvalue weighted by Crippen LogP contribution is 2.30. The van der Waals surface area contributed by atoms with Crippen LogP contribution in [0.1, 0.15) is 34.6 Å². The monoisotopic (exact) mass is 256 g/mol. The van der Waals surface area contributed by atoms with Crippen LogP contribution in [0.4, 0.5) is 0 Å². The molecule has 17 heavy (non-hydrogen) atoms. The van der Waals surface area contributed by atoms with Gasteiger partial charge in [-0.2, -0.15) is 0 Å². The van der Waals surface area contributed by atoms with Gasteiger partial charge in [0.25, 0.3) is 0 Å². The van der Waals surface area contributed by atoms with E-state index in [9.17, 15) is 9.59 Å². The van der Waals surface area contributed by atoms with Crippen LogP contribution in [-0.2, 0) is 14.3 Å². The lowest BCUT2D eigenvalue weighted by molar-refractivity contribution is -0.144. The first kappa shape index (κ1) is 16.0. The predicted octanol–water partition coefficient (Wildman–Crippen LogP) is 3.11. The first-order chi connectivity index (χ1) is 7.85. The van der Waals surface area contributed by atoms with E-state index >= 15 is 0 Å². The minimum Gasteiger partial charge on any atom is -0.465 e. The second-order valence-corrected chi connectivity index (χ2v) is 5.44. The van der Waals surface area contributed by atoms with Gasteiger partial charge in [0, 0.05) is 6.92 Å². The lowest BCUT2D eigenvalue weighted by atomic mass is 10.1. The quantitative estimate of drug-likeness (QED) is 0.560. The molecule has 0 aromatic carbocycles. The molecular formula is C13H20O3S. The molecule has 0 aliphatic rings. The molecule has 0 rings (SSSR count). The fraction of sp³-hybridized carbons (Fsp3) is 0.538. The van der Waals surface area contributed by atoms with E-state index in [1.165, 1.54) is 6.92 Å². The van der Waals surface area contributed by atoms with Crippen LogP contribution in [0.25, 0.3) is 0 Å². The van der Waals surface area contributed by atoms with Crippen molar-refractivity contribution in [3.05, 3.63) is 23.8 Å². The SMILES string of the molecule is C/C=C/C(C)=C/[C@@](C)(SC(C)=O)C(=O)OCC. The minimum absolute atomic E-state index is 0.106. The molecule has 0 heterocycles. The molecular weight excluding hydrogens is 236 g/mol. The topological polar surface area (TPSA) is 43.4 Å². The molecule has 0 N–H and O–H groups in total. The number of thioether (sulfide) groups is 1. The van der Waals surface area contributed by atoms with Gasteiger partial charge in [-0.25, -0.2) is 0 Å². The van der Waals surface area contributed by atoms with Crippen LogP contribution in [0.15, 0.2) is 23.8 Å². The Hall–Kier alpha value is -1.03. The maximum absolute atomic E-state index is 11.9. The third kappa shape index (κ3) is 5.73. The molecule has 0 saturated carbocycles. The number of hydrogen-bond donors (Lipinski definition) is 0. The zero-order valence-electron chi connectivity index (χ0n) is 11.1. The second kappa shape index (κ2) is 7.33. The van der Waals surface area contributed by atoms with Gasteiger partial charge in [0.15, 0.2) is 5.12 Å². The van der Waals surface area contributed by atoms with Crippen molar-refractivity contribution in [2.24, 2.45) is 0 Å². The van der Waals surface area contributed by atoms with Crippen LogP contribution in [0.2, 0.25) is 0 Å². The highest BCUT2D eigenvalue weighted by atomic mass is 32.2. The van der Waals surface area contributed by atoms with Gasteiger partial charge in [-0.1, -0.05) is 35.6 Å². The fourth-order valence-electron chi connectivity index (χ4n) is 1.45. The van der Waals surface area contributed by atoms with Crippen LogP contribution in [0.5, 0.6) is 0 Å². The first-order valence-electron chi connectivity index (χ1n) is 5.54. The highest BCUT2D eigenvalue weighted by Gasteiger charge is 2.35. The maximum Gasteiger partial charge on any atom is 0.326 e.